The van der Waals surface area contributed by atoms with E-state index in [-0.39, 0.29) is 30.2 Å². The standard InChI is InChI=1S/C13H26N2O4S/c1-3-20(18,19)15-8-6-12(7-9-15)13(17)14-11(2)5-4-10-16/h11-12,16H,3-10H2,1-2H3,(H,14,17). The number of hydrogen-bond donors (Lipinski definition) is 2. The summed E-state index contributed by atoms with van der Waals surface area (Å²) in [5.74, 6) is 0.0149. The first-order valence-corrected chi connectivity index (χ1v) is 8.90. The van der Waals surface area contributed by atoms with Crippen LogP contribution in [0.25, 0.3) is 0 Å². The number of piperidine rings is 1. The first kappa shape index (κ1) is 17.4. The van der Waals surface area contributed by atoms with Crippen LogP contribution >= 0.6 is 0 Å². The lowest BCUT2D eigenvalue weighted by Crippen LogP contribution is -2.45. The summed E-state index contributed by atoms with van der Waals surface area (Å²) >= 11 is 0. The Morgan fingerprint density at radius 3 is 2.50 bits per heavy atom. The van der Waals surface area contributed by atoms with Crippen LogP contribution < -0.4 is 5.32 Å². The Balaban J connectivity index is 2.39. The van der Waals surface area contributed by atoms with Gasteiger partial charge in [-0.15, -0.1) is 0 Å². The summed E-state index contributed by atoms with van der Waals surface area (Å²) in [6, 6.07) is 0.0482. The van der Waals surface area contributed by atoms with Crippen LogP contribution in [-0.4, -0.2) is 55.2 Å². The number of sulfonamides is 1. The third-order valence-corrected chi connectivity index (χ3v) is 5.65. The van der Waals surface area contributed by atoms with Gasteiger partial charge in [-0.3, -0.25) is 4.79 Å². The van der Waals surface area contributed by atoms with E-state index >= 15 is 0 Å². The van der Waals surface area contributed by atoms with Crippen molar-refractivity contribution in [3.8, 4) is 0 Å². The van der Waals surface area contributed by atoms with Gasteiger partial charge in [0.15, 0.2) is 0 Å². The molecule has 0 saturated carbocycles. The first-order valence-electron chi connectivity index (χ1n) is 7.29. The maximum atomic E-state index is 12.1. The summed E-state index contributed by atoms with van der Waals surface area (Å²) < 4.78 is 24.9. The van der Waals surface area contributed by atoms with Crippen LogP contribution in [-0.2, 0) is 14.8 Å². The summed E-state index contributed by atoms with van der Waals surface area (Å²) in [6.45, 7) is 4.55. The number of nitrogens with one attached hydrogen (secondary N) is 1. The average Bonchev–Trinajstić information content (AvgIpc) is 2.45. The van der Waals surface area contributed by atoms with Gasteiger partial charge in [0, 0.05) is 31.7 Å². The molecule has 0 spiro atoms. The molecule has 20 heavy (non-hydrogen) atoms. The molecule has 1 unspecified atom stereocenters. The Kier molecular flexibility index (Phi) is 6.91. The second kappa shape index (κ2) is 7.95. The quantitative estimate of drug-likeness (QED) is 0.709. The zero-order valence-corrected chi connectivity index (χ0v) is 13.2. The van der Waals surface area contributed by atoms with Crippen molar-refractivity contribution >= 4 is 15.9 Å². The molecule has 0 aromatic rings. The normalized spacial score (nSPS) is 19.8. The minimum Gasteiger partial charge on any atom is -0.396 e. The van der Waals surface area contributed by atoms with Gasteiger partial charge in [-0.25, -0.2) is 12.7 Å². The molecular weight excluding hydrogens is 280 g/mol. The summed E-state index contributed by atoms with van der Waals surface area (Å²) in [7, 11) is -3.13. The number of amides is 1. The van der Waals surface area contributed by atoms with Crippen LogP contribution in [0.1, 0.15) is 39.5 Å². The second-order valence-electron chi connectivity index (χ2n) is 5.35. The van der Waals surface area contributed by atoms with Crippen molar-refractivity contribution in [1.29, 1.82) is 0 Å². The van der Waals surface area contributed by atoms with Crippen LogP contribution in [0.2, 0.25) is 0 Å². The maximum absolute atomic E-state index is 12.1. The number of rotatable bonds is 7. The predicted molar refractivity (Wildman–Crippen MR) is 77.7 cm³/mol. The van der Waals surface area contributed by atoms with Crippen molar-refractivity contribution in [1.82, 2.24) is 9.62 Å². The lowest BCUT2D eigenvalue weighted by Gasteiger charge is -2.30. The average molecular weight is 306 g/mol. The van der Waals surface area contributed by atoms with Gasteiger partial charge < -0.3 is 10.4 Å². The zero-order valence-electron chi connectivity index (χ0n) is 12.3. The molecule has 0 radical (unpaired) electrons. The molecule has 1 heterocycles. The van der Waals surface area contributed by atoms with E-state index in [9.17, 15) is 13.2 Å². The lowest BCUT2D eigenvalue weighted by atomic mass is 9.96. The van der Waals surface area contributed by atoms with Crippen LogP contribution in [0.15, 0.2) is 0 Å². The van der Waals surface area contributed by atoms with Crippen LogP contribution in [0.5, 0.6) is 0 Å². The molecule has 2 N–H and O–H groups in total. The van der Waals surface area contributed by atoms with E-state index in [0.717, 1.165) is 6.42 Å². The van der Waals surface area contributed by atoms with Crippen molar-refractivity contribution in [3.63, 3.8) is 0 Å². The molecule has 1 fully saturated rings. The zero-order chi connectivity index (χ0) is 15.2. The Morgan fingerprint density at radius 1 is 1.40 bits per heavy atom. The molecule has 6 nitrogen and oxygen atoms in total. The van der Waals surface area contributed by atoms with Crippen molar-refractivity contribution in [3.05, 3.63) is 0 Å². The van der Waals surface area contributed by atoms with E-state index in [0.29, 0.717) is 32.4 Å². The fourth-order valence-electron chi connectivity index (χ4n) is 2.41. The third kappa shape index (κ3) is 5.03. The summed E-state index contributed by atoms with van der Waals surface area (Å²) in [4.78, 5) is 12.1. The van der Waals surface area contributed by atoms with Crippen LogP contribution in [0.3, 0.4) is 0 Å². The van der Waals surface area contributed by atoms with Gasteiger partial charge in [0.1, 0.15) is 0 Å². The summed E-state index contributed by atoms with van der Waals surface area (Å²) in [6.07, 6.45) is 2.59. The second-order valence-corrected chi connectivity index (χ2v) is 7.61. The first-order chi connectivity index (χ1) is 9.40. The molecule has 0 aromatic carbocycles. The molecule has 1 atom stereocenters. The Bertz CT molecular complexity index is 403. The predicted octanol–water partition coefficient (Wildman–Crippen LogP) is 0.325. The van der Waals surface area contributed by atoms with Gasteiger partial charge in [-0.1, -0.05) is 0 Å². The van der Waals surface area contributed by atoms with E-state index in [1.54, 1.807) is 6.92 Å². The van der Waals surface area contributed by atoms with Gasteiger partial charge in [0.2, 0.25) is 15.9 Å². The number of aliphatic hydroxyl groups excluding tert-OH is 1. The van der Waals surface area contributed by atoms with Crippen molar-refractivity contribution in [2.45, 2.75) is 45.6 Å². The molecule has 118 valence electrons. The molecule has 1 aliphatic rings. The van der Waals surface area contributed by atoms with Gasteiger partial charge in [-0.05, 0) is 39.5 Å². The van der Waals surface area contributed by atoms with E-state index in [4.69, 9.17) is 5.11 Å². The molecule has 1 aliphatic heterocycles. The van der Waals surface area contributed by atoms with Crippen LogP contribution in [0.4, 0.5) is 0 Å². The van der Waals surface area contributed by atoms with E-state index in [2.05, 4.69) is 5.32 Å². The van der Waals surface area contributed by atoms with Crippen molar-refractivity contribution in [2.24, 2.45) is 5.92 Å². The fraction of sp³-hybridized carbons (Fsp3) is 0.923. The van der Waals surface area contributed by atoms with Crippen molar-refractivity contribution < 1.29 is 18.3 Å². The minimum absolute atomic E-state index is 0.00369. The highest BCUT2D eigenvalue weighted by Gasteiger charge is 2.30. The number of aliphatic hydroxyl groups is 1. The number of nitrogens with zero attached hydrogens (tertiary/aromatic N) is 1. The third-order valence-electron chi connectivity index (χ3n) is 3.77. The highest BCUT2D eigenvalue weighted by molar-refractivity contribution is 7.89. The minimum atomic E-state index is -3.13. The monoisotopic (exact) mass is 306 g/mol. The maximum Gasteiger partial charge on any atom is 0.223 e. The molecule has 1 amide bonds. The topological polar surface area (TPSA) is 86.7 Å². The summed E-state index contributed by atoms with van der Waals surface area (Å²) in [5, 5.41) is 11.7. The lowest BCUT2D eigenvalue weighted by molar-refractivity contribution is -0.126. The number of carbonyl (C=O) groups excluding carboxylic acids is 1. The highest BCUT2D eigenvalue weighted by atomic mass is 32.2. The molecule has 0 aliphatic carbocycles. The Morgan fingerprint density at radius 2 is 2.00 bits per heavy atom. The SMILES string of the molecule is CCS(=O)(=O)N1CCC(C(=O)NC(C)CCCO)CC1. The summed E-state index contributed by atoms with van der Waals surface area (Å²) in [5.41, 5.74) is 0. The van der Waals surface area contributed by atoms with Crippen molar-refractivity contribution in [2.75, 3.05) is 25.4 Å². The van der Waals surface area contributed by atoms with Gasteiger partial charge in [-0.2, -0.15) is 0 Å². The van der Waals surface area contributed by atoms with Gasteiger partial charge >= 0.3 is 0 Å². The fourth-order valence-corrected chi connectivity index (χ4v) is 3.54. The number of carbonyl (C=O) groups is 1. The van der Waals surface area contributed by atoms with Gasteiger partial charge in [0.25, 0.3) is 0 Å². The largest absolute Gasteiger partial charge is 0.396 e. The molecular formula is C13H26N2O4S. The van der Waals surface area contributed by atoms with E-state index < -0.39 is 10.0 Å². The molecule has 0 aromatic heterocycles. The Labute approximate surface area is 121 Å². The highest BCUT2D eigenvalue weighted by Crippen LogP contribution is 2.20. The number of hydrogen-bond acceptors (Lipinski definition) is 4. The molecule has 0 bridgehead atoms. The van der Waals surface area contributed by atoms with E-state index in [1.165, 1.54) is 4.31 Å². The van der Waals surface area contributed by atoms with E-state index in [1.807, 2.05) is 6.92 Å². The van der Waals surface area contributed by atoms with Crippen LogP contribution in [0, 0.1) is 5.92 Å². The molecule has 1 rings (SSSR count). The Hall–Kier alpha value is -0.660. The molecule has 7 heteroatoms. The van der Waals surface area contributed by atoms with Gasteiger partial charge in [0.05, 0.1) is 5.75 Å². The smallest absolute Gasteiger partial charge is 0.223 e. The molecule has 1 saturated heterocycles.